The van der Waals surface area contributed by atoms with E-state index in [0.717, 1.165) is 32.1 Å². The fourth-order valence-corrected chi connectivity index (χ4v) is 2.99. The zero-order chi connectivity index (χ0) is 12.7. The van der Waals surface area contributed by atoms with E-state index in [1.807, 2.05) is 4.90 Å². The molecule has 2 heterocycles. The van der Waals surface area contributed by atoms with Gasteiger partial charge in [-0.05, 0) is 18.4 Å². The summed E-state index contributed by atoms with van der Waals surface area (Å²) >= 11 is 0. The Morgan fingerprint density at radius 3 is 3.00 bits per heavy atom. The number of fused-ring (bicyclic) bond motifs is 1. The van der Waals surface area contributed by atoms with Crippen LogP contribution in [-0.4, -0.2) is 30.6 Å². The first-order chi connectivity index (χ1) is 8.66. The summed E-state index contributed by atoms with van der Waals surface area (Å²) in [5, 5.41) is 13.9. The Hall–Kier alpha value is -1.69. The van der Waals surface area contributed by atoms with Crippen LogP contribution in [0.5, 0.6) is 0 Å². The zero-order valence-corrected chi connectivity index (χ0v) is 9.80. The third kappa shape index (κ3) is 1.73. The number of nitrogens with one attached hydrogen (secondary N) is 1. The number of rotatable bonds is 2. The fraction of sp³-hybridized carbons (Fsp3) is 0.500. The third-order valence-electron chi connectivity index (χ3n) is 3.90. The molecule has 0 aliphatic carbocycles. The Balaban J connectivity index is 1.90. The van der Waals surface area contributed by atoms with Crippen molar-refractivity contribution in [1.82, 2.24) is 5.32 Å². The summed E-state index contributed by atoms with van der Waals surface area (Å²) in [5.41, 5.74) is 0.286. The molecular weight excluding hydrogens is 237 g/mol. The van der Waals surface area contributed by atoms with Gasteiger partial charge in [0.25, 0.3) is 5.69 Å². The number of nitro benzene ring substituents is 1. The van der Waals surface area contributed by atoms with Gasteiger partial charge in [-0.1, -0.05) is 0 Å². The maximum absolute atomic E-state index is 14.0. The molecule has 3 rings (SSSR count). The molecule has 96 valence electrons. The smallest absolute Gasteiger partial charge is 0.272 e. The highest BCUT2D eigenvalue weighted by atomic mass is 19.1. The predicted molar refractivity (Wildman–Crippen MR) is 65.2 cm³/mol. The third-order valence-corrected chi connectivity index (χ3v) is 3.90. The zero-order valence-electron chi connectivity index (χ0n) is 9.80. The molecule has 2 aliphatic heterocycles. The molecule has 0 saturated carbocycles. The molecule has 0 spiro atoms. The van der Waals surface area contributed by atoms with E-state index in [1.54, 1.807) is 0 Å². The van der Waals surface area contributed by atoms with E-state index in [9.17, 15) is 14.5 Å². The molecular formula is C12H14FN3O2. The first-order valence-corrected chi connectivity index (χ1v) is 6.08. The summed E-state index contributed by atoms with van der Waals surface area (Å²) < 4.78 is 14.0. The van der Waals surface area contributed by atoms with E-state index in [1.165, 1.54) is 12.1 Å². The van der Waals surface area contributed by atoms with Crippen molar-refractivity contribution in [3.8, 4) is 0 Å². The van der Waals surface area contributed by atoms with Gasteiger partial charge in [-0.3, -0.25) is 10.1 Å². The minimum atomic E-state index is -0.573. The van der Waals surface area contributed by atoms with E-state index in [-0.39, 0.29) is 5.69 Å². The number of hydrogen-bond acceptors (Lipinski definition) is 4. The minimum absolute atomic E-state index is 0.198. The average Bonchev–Trinajstić information content (AvgIpc) is 2.91. The van der Waals surface area contributed by atoms with Crippen LogP contribution in [-0.2, 0) is 0 Å². The number of hydrogen-bond donors (Lipinski definition) is 1. The second kappa shape index (κ2) is 4.20. The highest BCUT2D eigenvalue weighted by Crippen LogP contribution is 2.34. The molecule has 18 heavy (non-hydrogen) atoms. The molecule has 2 aliphatic rings. The van der Waals surface area contributed by atoms with E-state index in [4.69, 9.17) is 0 Å². The van der Waals surface area contributed by atoms with Crippen molar-refractivity contribution in [3.63, 3.8) is 0 Å². The van der Waals surface area contributed by atoms with Crippen LogP contribution in [0.2, 0.25) is 0 Å². The van der Waals surface area contributed by atoms with Gasteiger partial charge in [-0.25, -0.2) is 4.39 Å². The highest BCUT2D eigenvalue weighted by molar-refractivity contribution is 5.54. The molecule has 2 saturated heterocycles. The van der Waals surface area contributed by atoms with E-state index in [0.29, 0.717) is 17.6 Å². The van der Waals surface area contributed by atoms with Gasteiger partial charge in [-0.15, -0.1) is 0 Å². The molecule has 0 amide bonds. The Morgan fingerprint density at radius 2 is 2.28 bits per heavy atom. The summed E-state index contributed by atoms with van der Waals surface area (Å²) in [6, 6.07) is 4.22. The van der Waals surface area contributed by atoms with Crippen LogP contribution < -0.4 is 10.2 Å². The van der Waals surface area contributed by atoms with Crippen LogP contribution in [0, 0.1) is 21.8 Å². The number of non-ortho nitro benzene ring substituents is 1. The molecule has 2 fully saturated rings. The van der Waals surface area contributed by atoms with Crippen LogP contribution in [0.15, 0.2) is 18.2 Å². The van der Waals surface area contributed by atoms with E-state index >= 15 is 0 Å². The van der Waals surface area contributed by atoms with Crippen LogP contribution in [0.25, 0.3) is 0 Å². The van der Waals surface area contributed by atoms with Gasteiger partial charge >= 0.3 is 0 Å². The molecule has 1 aromatic carbocycles. The topological polar surface area (TPSA) is 58.4 Å². The van der Waals surface area contributed by atoms with Crippen LogP contribution in [0.3, 0.4) is 0 Å². The van der Waals surface area contributed by atoms with Crippen LogP contribution in [0.4, 0.5) is 15.8 Å². The van der Waals surface area contributed by atoms with Gasteiger partial charge < -0.3 is 10.2 Å². The van der Waals surface area contributed by atoms with Crippen LogP contribution >= 0.6 is 0 Å². The largest absolute Gasteiger partial charge is 0.365 e. The Labute approximate surface area is 104 Å². The number of nitro groups is 1. The van der Waals surface area contributed by atoms with Crippen molar-refractivity contribution in [3.05, 3.63) is 34.1 Å². The predicted octanol–water partition coefficient (Wildman–Crippen LogP) is 1.53. The van der Waals surface area contributed by atoms with E-state index in [2.05, 4.69) is 5.32 Å². The number of anilines is 1. The molecule has 6 heteroatoms. The molecule has 1 N–H and O–H groups in total. The first kappa shape index (κ1) is 11.4. The Bertz CT molecular complexity index is 494. The second-order valence-corrected chi connectivity index (χ2v) is 4.86. The lowest BCUT2D eigenvalue weighted by Crippen LogP contribution is -2.34. The molecule has 2 atom stereocenters. The molecule has 0 unspecified atom stereocenters. The lowest BCUT2D eigenvalue weighted by atomic mass is 10.0. The molecule has 0 aromatic heterocycles. The monoisotopic (exact) mass is 251 g/mol. The minimum Gasteiger partial charge on any atom is -0.365 e. The maximum Gasteiger partial charge on any atom is 0.272 e. The normalized spacial score (nSPS) is 26.4. The van der Waals surface area contributed by atoms with Gasteiger partial charge in [0.1, 0.15) is 0 Å². The number of benzene rings is 1. The standard InChI is InChI=1S/C12H14FN3O2/c13-10-5-9(16(17)18)1-2-11(10)15-4-3-8-6-14-7-12(8)15/h1-2,5,8,12,14H,3-4,6-7H2/t8-,12+/m1/s1. The lowest BCUT2D eigenvalue weighted by Gasteiger charge is -2.25. The van der Waals surface area contributed by atoms with Crippen molar-refractivity contribution < 1.29 is 9.31 Å². The second-order valence-electron chi connectivity index (χ2n) is 4.86. The summed E-state index contributed by atoms with van der Waals surface area (Å²) in [6.45, 7) is 2.67. The molecule has 1 aromatic rings. The highest BCUT2D eigenvalue weighted by Gasteiger charge is 2.38. The van der Waals surface area contributed by atoms with Gasteiger partial charge in [0, 0.05) is 31.7 Å². The van der Waals surface area contributed by atoms with Crippen LogP contribution in [0.1, 0.15) is 6.42 Å². The van der Waals surface area contributed by atoms with Crippen molar-refractivity contribution in [2.75, 3.05) is 24.5 Å². The van der Waals surface area contributed by atoms with E-state index < -0.39 is 10.7 Å². The molecule has 5 nitrogen and oxygen atoms in total. The SMILES string of the molecule is O=[N+]([O-])c1ccc(N2CC[C@@H]3CNC[C@@H]32)c(F)c1. The van der Waals surface area contributed by atoms with Gasteiger partial charge in [0.05, 0.1) is 16.7 Å². The maximum atomic E-state index is 14.0. The lowest BCUT2D eigenvalue weighted by molar-refractivity contribution is -0.385. The average molecular weight is 251 g/mol. The Kier molecular flexibility index (Phi) is 2.66. The quantitative estimate of drug-likeness (QED) is 0.639. The number of halogens is 1. The Morgan fingerprint density at radius 1 is 1.44 bits per heavy atom. The van der Waals surface area contributed by atoms with Crippen molar-refractivity contribution in [2.45, 2.75) is 12.5 Å². The van der Waals surface area contributed by atoms with Gasteiger partial charge in [0.2, 0.25) is 0 Å². The van der Waals surface area contributed by atoms with Gasteiger partial charge in [-0.2, -0.15) is 0 Å². The first-order valence-electron chi connectivity index (χ1n) is 6.08. The van der Waals surface area contributed by atoms with Crippen molar-refractivity contribution >= 4 is 11.4 Å². The summed E-state index contributed by atoms with van der Waals surface area (Å²) in [7, 11) is 0. The summed E-state index contributed by atoms with van der Waals surface area (Å²) in [6.07, 6.45) is 1.05. The van der Waals surface area contributed by atoms with Crippen molar-refractivity contribution in [1.29, 1.82) is 0 Å². The van der Waals surface area contributed by atoms with Crippen molar-refractivity contribution in [2.24, 2.45) is 5.92 Å². The summed E-state index contributed by atoms with van der Waals surface area (Å²) in [5.74, 6) is 0.0661. The fourth-order valence-electron chi connectivity index (χ4n) is 2.99. The van der Waals surface area contributed by atoms with Gasteiger partial charge in [0.15, 0.2) is 5.82 Å². The summed E-state index contributed by atoms with van der Waals surface area (Å²) in [4.78, 5) is 12.0. The number of nitrogens with zero attached hydrogens (tertiary/aromatic N) is 2. The molecule has 0 radical (unpaired) electrons. The molecule has 0 bridgehead atoms.